The fourth-order valence-electron chi connectivity index (χ4n) is 1.42. The molecule has 0 bridgehead atoms. The van der Waals surface area contributed by atoms with Gasteiger partial charge < -0.3 is 5.32 Å². The molecule has 1 rings (SSSR count). The number of halogens is 1. The van der Waals surface area contributed by atoms with Gasteiger partial charge in [0.15, 0.2) is 0 Å². The minimum absolute atomic E-state index is 0.0992. The van der Waals surface area contributed by atoms with Crippen LogP contribution >= 0.6 is 11.8 Å². The van der Waals surface area contributed by atoms with Crippen molar-refractivity contribution in [2.45, 2.75) is 38.1 Å². The van der Waals surface area contributed by atoms with Gasteiger partial charge in [0, 0.05) is 16.7 Å². The van der Waals surface area contributed by atoms with Crippen LogP contribution < -0.4 is 5.32 Å². The first kappa shape index (κ1) is 14.5. The lowest BCUT2D eigenvalue weighted by Gasteiger charge is -2.13. The zero-order valence-electron chi connectivity index (χ0n) is 11.1. The molecule has 0 saturated heterocycles. The molecule has 0 amide bonds. The smallest absolute Gasteiger partial charge is 0.137 e. The normalized spacial score (nSPS) is 14.6. The standard InChI is InChI=1S/C14H22FNS/c1-5-10(2)9-17-14-7-6-12(8-13(14)15)11(3)16-4/h6-8,10-11,16H,5,9H2,1-4H3. The van der Waals surface area contributed by atoms with Crippen molar-refractivity contribution in [1.29, 1.82) is 0 Å². The average Bonchev–Trinajstić information content (AvgIpc) is 2.35. The predicted octanol–water partition coefficient (Wildman–Crippen LogP) is 4.24. The van der Waals surface area contributed by atoms with Gasteiger partial charge in [0.05, 0.1) is 0 Å². The molecule has 0 aliphatic heterocycles. The number of rotatable bonds is 6. The summed E-state index contributed by atoms with van der Waals surface area (Å²) in [6, 6.07) is 5.73. The lowest BCUT2D eigenvalue weighted by Crippen LogP contribution is -2.12. The fraction of sp³-hybridized carbons (Fsp3) is 0.571. The molecule has 0 aromatic heterocycles. The maximum Gasteiger partial charge on any atom is 0.137 e. The third-order valence-corrected chi connectivity index (χ3v) is 4.49. The van der Waals surface area contributed by atoms with Gasteiger partial charge in [-0.25, -0.2) is 4.39 Å². The highest BCUT2D eigenvalue weighted by Gasteiger charge is 2.09. The summed E-state index contributed by atoms with van der Waals surface area (Å²) >= 11 is 1.61. The minimum atomic E-state index is -0.0992. The van der Waals surface area contributed by atoms with Gasteiger partial charge in [-0.1, -0.05) is 26.3 Å². The maximum atomic E-state index is 13.9. The van der Waals surface area contributed by atoms with Crippen LogP contribution in [0.25, 0.3) is 0 Å². The second-order valence-electron chi connectivity index (χ2n) is 4.52. The van der Waals surface area contributed by atoms with E-state index in [0.717, 1.165) is 22.6 Å². The molecule has 0 aliphatic rings. The van der Waals surface area contributed by atoms with Crippen molar-refractivity contribution in [3.8, 4) is 0 Å². The first-order valence-electron chi connectivity index (χ1n) is 6.18. The predicted molar refractivity (Wildman–Crippen MR) is 74.1 cm³/mol. The Balaban J connectivity index is 2.69. The number of thioether (sulfide) groups is 1. The van der Waals surface area contributed by atoms with E-state index in [2.05, 4.69) is 19.2 Å². The van der Waals surface area contributed by atoms with Crippen molar-refractivity contribution in [3.05, 3.63) is 29.6 Å². The first-order chi connectivity index (χ1) is 8.08. The van der Waals surface area contributed by atoms with Gasteiger partial charge in [-0.2, -0.15) is 0 Å². The Morgan fingerprint density at radius 1 is 1.35 bits per heavy atom. The molecule has 1 aromatic carbocycles. The Labute approximate surface area is 108 Å². The summed E-state index contributed by atoms with van der Waals surface area (Å²) in [5.74, 6) is 1.52. The molecule has 96 valence electrons. The van der Waals surface area contributed by atoms with Gasteiger partial charge in [0.25, 0.3) is 0 Å². The third kappa shape index (κ3) is 4.32. The SMILES string of the molecule is CCC(C)CSc1ccc(C(C)NC)cc1F. The summed E-state index contributed by atoms with van der Waals surface area (Å²) < 4.78 is 13.9. The second kappa shape index (κ2) is 7.02. The topological polar surface area (TPSA) is 12.0 Å². The van der Waals surface area contributed by atoms with Crippen LogP contribution in [0.5, 0.6) is 0 Å². The van der Waals surface area contributed by atoms with E-state index in [1.54, 1.807) is 17.8 Å². The van der Waals surface area contributed by atoms with Crippen molar-refractivity contribution in [1.82, 2.24) is 5.32 Å². The molecule has 0 spiro atoms. The molecule has 1 aromatic rings. The number of nitrogens with one attached hydrogen (secondary N) is 1. The Hall–Kier alpha value is -0.540. The van der Waals surface area contributed by atoms with Gasteiger partial charge >= 0.3 is 0 Å². The maximum absolute atomic E-state index is 13.9. The Morgan fingerprint density at radius 3 is 2.59 bits per heavy atom. The van der Waals surface area contributed by atoms with Crippen LogP contribution in [0.1, 0.15) is 38.8 Å². The molecule has 0 heterocycles. The Kier molecular flexibility index (Phi) is 6.00. The monoisotopic (exact) mass is 255 g/mol. The summed E-state index contributed by atoms with van der Waals surface area (Å²) in [6.45, 7) is 6.39. The largest absolute Gasteiger partial charge is 0.313 e. The molecule has 0 aliphatic carbocycles. The van der Waals surface area contributed by atoms with E-state index < -0.39 is 0 Å². The van der Waals surface area contributed by atoms with E-state index in [0.29, 0.717) is 5.92 Å². The molecule has 0 saturated carbocycles. The summed E-state index contributed by atoms with van der Waals surface area (Å²) in [4.78, 5) is 0.761. The van der Waals surface area contributed by atoms with Gasteiger partial charge in [-0.15, -0.1) is 11.8 Å². The number of hydrogen-bond donors (Lipinski definition) is 1. The van der Waals surface area contributed by atoms with Crippen LogP contribution in [-0.4, -0.2) is 12.8 Å². The summed E-state index contributed by atoms with van der Waals surface area (Å²) in [6.07, 6.45) is 1.14. The summed E-state index contributed by atoms with van der Waals surface area (Å²) in [5, 5.41) is 3.11. The lowest BCUT2D eigenvalue weighted by molar-refractivity contribution is 0.586. The van der Waals surface area contributed by atoms with Crippen molar-refractivity contribution in [2.75, 3.05) is 12.8 Å². The summed E-state index contributed by atoms with van der Waals surface area (Å²) in [7, 11) is 1.88. The fourth-order valence-corrected chi connectivity index (χ4v) is 2.48. The molecule has 2 atom stereocenters. The van der Waals surface area contributed by atoms with Gasteiger partial charge in [0.1, 0.15) is 5.82 Å². The molecular formula is C14H22FNS. The zero-order chi connectivity index (χ0) is 12.8. The van der Waals surface area contributed by atoms with Crippen LogP contribution in [0.2, 0.25) is 0 Å². The van der Waals surface area contributed by atoms with Crippen molar-refractivity contribution < 1.29 is 4.39 Å². The zero-order valence-corrected chi connectivity index (χ0v) is 11.9. The van der Waals surface area contributed by atoms with Gasteiger partial charge in [0.2, 0.25) is 0 Å². The van der Waals surface area contributed by atoms with Crippen LogP contribution in [0.4, 0.5) is 4.39 Å². The summed E-state index contributed by atoms with van der Waals surface area (Å²) in [5.41, 5.74) is 0.998. The quantitative estimate of drug-likeness (QED) is 0.763. The second-order valence-corrected chi connectivity index (χ2v) is 5.59. The van der Waals surface area contributed by atoms with E-state index >= 15 is 0 Å². The Bertz CT molecular complexity index is 354. The number of hydrogen-bond acceptors (Lipinski definition) is 2. The van der Waals surface area contributed by atoms with Crippen LogP contribution in [0, 0.1) is 11.7 Å². The molecular weight excluding hydrogens is 233 g/mol. The molecule has 3 heteroatoms. The van der Waals surface area contributed by atoms with Crippen molar-refractivity contribution >= 4 is 11.8 Å². The Morgan fingerprint density at radius 2 is 2.06 bits per heavy atom. The minimum Gasteiger partial charge on any atom is -0.313 e. The highest BCUT2D eigenvalue weighted by molar-refractivity contribution is 7.99. The molecule has 1 nitrogen and oxygen atoms in total. The molecule has 0 fully saturated rings. The van der Waals surface area contributed by atoms with Crippen molar-refractivity contribution in [3.63, 3.8) is 0 Å². The molecule has 17 heavy (non-hydrogen) atoms. The highest BCUT2D eigenvalue weighted by Crippen LogP contribution is 2.26. The highest BCUT2D eigenvalue weighted by atomic mass is 32.2. The van der Waals surface area contributed by atoms with E-state index in [-0.39, 0.29) is 11.9 Å². The van der Waals surface area contributed by atoms with E-state index in [1.807, 2.05) is 26.1 Å². The van der Waals surface area contributed by atoms with Gasteiger partial charge in [-0.3, -0.25) is 0 Å². The van der Waals surface area contributed by atoms with Crippen LogP contribution in [0.15, 0.2) is 23.1 Å². The van der Waals surface area contributed by atoms with Crippen molar-refractivity contribution in [2.24, 2.45) is 5.92 Å². The van der Waals surface area contributed by atoms with Crippen LogP contribution in [-0.2, 0) is 0 Å². The number of benzene rings is 1. The molecule has 1 N–H and O–H groups in total. The first-order valence-corrected chi connectivity index (χ1v) is 7.16. The van der Waals surface area contributed by atoms with E-state index in [1.165, 1.54) is 0 Å². The molecule has 2 unspecified atom stereocenters. The van der Waals surface area contributed by atoms with E-state index in [9.17, 15) is 4.39 Å². The average molecular weight is 255 g/mol. The third-order valence-electron chi connectivity index (χ3n) is 3.11. The molecule has 0 radical (unpaired) electrons. The van der Waals surface area contributed by atoms with E-state index in [4.69, 9.17) is 0 Å². The van der Waals surface area contributed by atoms with Crippen LogP contribution in [0.3, 0.4) is 0 Å². The lowest BCUT2D eigenvalue weighted by atomic mass is 10.1. The van der Waals surface area contributed by atoms with Gasteiger partial charge in [-0.05, 0) is 37.6 Å².